The largest absolute Gasteiger partial charge is 0.416 e. The van der Waals surface area contributed by atoms with Crippen molar-refractivity contribution in [2.45, 2.75) is 37.4 Å². The van der Waals surface area contributed by atoms with Crippen LogP contribution in [0.3, 0.4) is 0 Å². The van der Waals surface area contributed by atoms with Gasteiger partial charge in [0.1, 0.15) is 0 Å². The molecule has 2 fully saturated rings. The summed E-state index contributed by atoms with van der Waals surface area (Å²) in [6, 6.07) is 6.07. The number of nitrogens with one attached hydrogen (secondary N) is 2. The van der Waals surface area contributed by atoms with Crippen LogP contribution in [0.2, 0.25) is 0 Å². The Bertz CT molecular complexity index is 463. The maximum atomic E-state index is 12.5. The lowest BCUT2D eigenvalue weighted by molar-refractivity contribution is -0.137. The minimum Gasteiger partial charge on any atom is -0.317 e. The summed E-state index contributed by atoms with van der Waals surface area (Å²) >= 11 is 0. The van der Waals surface area contributed by atoms with E-state index >= 15 is 0 Å². The van der Waals surface area contributed by atoms with Crippen molar-refractivity contribution in [2.75, 3.05) is 19.6 Å². The highest BCUT2D eigenvalue weighted by atomic mass is 19.4. The second-order valence-electron chi connectivity index (χ2n) is 6.17. The second kappa shape index (κ2) is 5.97. The van der Waals surface area contributed by atoms with Gasteiger partial charge in [0.15, 0.2) is 0 Å². The van der Waals surface area contributed by atoms with Gasteiger partial charge in [-0.1, -0.05) is 12.1 Å². The van der Waals surface area contributed by atoms with Crippen LogP contribution in [0.25, 0.3) is 0 Å². The summed E-state index contributed by atoms with van der Waals surface area (Å²) in [4.78, 5) is 0. The highest BCUT2D eigenvalue weighted by molar-refractivity contribution is 5.32. The van der Waals surface area contributed by atoms with E-state index in [0.717, 1.165) is 37.5 Å². The van der Waals surface area contributed by atoms with E-state index in [4.69, 9.17) is 0 Å². The Morgan fingerprint density at radius 2 is 1.76 bits per heavy atom. The lowest BCUT2D eigenvalue weighted by atomic mass is 9.98. The molecule has 1 saturated carbocycles. The molecule has 1 saturated heterocycles. The van der Waals surface area contributed by atoms with E-state index in [1.165, 1.54) is 25.0 Å². The molecule has 1 heterocycles. The van der Waals surface area contributed by atoms with Crippen molar-refractivity contribution in [1.82, 2.24) is 10.6 Å². The zero-order chi connectivity index (χ0) is 14.9. The van der Waals surface area contributed by atoms with Crippen molar-refractivity contribution in [3.05, 3.63) is 35.4 Å². The molecular formula is C16H21F3N2. The van der Waals surface area contributed by atoms with Gasteiger partial charge < -0.3 is 10.6 Å². The molecule has 1 aliphatic carbocycles. The Kier molecular flexibility index (Phi) is 4.22. The molecule has 0 bridgehead atoms. The molecular weight excluding hydrogens is 277 g/mol. The van der Waals surface area contributed by atoms with Crippen LogP contribution < -0.4 is 10.6 Å². The first kappa shape index (κ1) is 14.9. The Morgan fingerprint density at radius 3 is 2.38 bits per heavy atom. The minimum absolute atomic E-state index is 0.383. The van der Waals surface area contributed by atoms with Gasteiger partial charge in [-0.15, -0.1) is 0 Å². The number of halogens is 3. The fourth-order valence-corrected chi connectivity index (χ4v) is 3.11. The third-order valence-electron chi connectivity index (χ3n) is 4.58. The molecule has 0 spiro atoms. The van der Waals surface area contributed by atoms with Crippen LogP contribution in [-0.2, 0) is 6.18 Å². The van der Waals surface area contributed by atoms with E-state index in [-0.39, 0.29) is 0 Å². The van der Waals surface area contributed by atoms with Gasteiger partial charge in [-0.2, -0.15) is 13.2 Å². The van der Waals surface area contributed by atoms with Crippen molar-refractivity contribution >= 4 is 0 Å². The number of alkyl halides is 3. The van der Waals surface area contributed by atoms with Gasteiger partial charge in [0, 0.05) is 12.0 Å². The lowest BCUT2D eigenvalue weighted by Gasteiger charge is -2.22. The molecule has 2 nitrogen and oxygen atoms in total. The van der Waals surface area contributed by atoms with Crippen LogP contribution in [0.1, 0.15) is 36.3 Å². The number of rotatable bonds is 4. The lowest BCUT2D eigenvalue weighted by Crippen LogP contribution is -2.34. The fourth-order valence-electron chi connectivity index (χ4n) is 3.11. The summed E-state index contributed by atoms with van der Waals surface area (Å²) < 4.78 is 37.6. The molecule has 3 rings (SSSR count). The van der Waals surface area contributed by atoms with Crippen molar-refractivity contribution in [3.63, 3.8) is 0 Å². The maximum Gasteiger partial charge on any atom is 0.416 e. The molecule has 0 amide bonds. The molecule has 2 aliphatic rings. The van der Waals surface area contributed by atoms with E-state index in [9.17, 15) is 13.2 Å². The Hall–Kier alpha value is -1.07. The van der Waals surface area contributed by atoms with Crippen LogP contribution in [-0.4, -0.2) is 25.7 Å². The summed E-state index contributed by atoms with van der Waals surface area (Å²) in [7, 11) is 0. The Morgan fingerprint density at radius 1 is 1.10 bits per heavy atom. The number of piperidine rings is 1. The summed E-state index contributed by atoms with van der Waals surface area (Å²) in [6.45, 7) is 3.22. The van der Waals surface area contributed by atoms with Crippen LogP contribution in [0.5, 0.6) is 0 Å². The van der Waals surface area contributed by atoms with Gasteiger partial charge in [-0.05, 0) is 62.5 Å². The molecule has 0 aromatic heterocycles. The first-order valence-corrected chi connectivity index (χ1v) is 7.65. The minimum atomic E-state index is -4.24. The molecule has 0 unspecified atom stereocenters. The van der Waals surface area contributed by atoms with Crippen LogP contribution >= 0.6 is 0 Å². The molecule has 1 aromatic carbocycles. The molecule has 0 radical (unpaired) electrons. The van der Waals surface area contributed by atoms with Crippen LogP contribution in [0.4, 0.5) is 13.2 Å². The van der Waals surface area contributed by atoms with Gasteiger partial charge in [0.2, 0.25) is 0 Å². The van der Waals surface area contributed by atoms with Crippen LogP contribution in [0, 0.1) is 5.92 Å². The average molecular weight is 298 g/mol. The normalized spacial score (nSPS) is 26.8. The molecule has 21 heavy (non-hydrogen) atoms. The topological polar surface area (TPSA) is 24.1 Å². The van der Waals surface area contributed by atoms with E-state index in [0.29, 0.717) is 12.0 Å². The molecule has 1 aliphatic heterocycles. The SMILES string of the molecule is FC(F)(F)c1ccc([C@@H]2C[C@H]2NCC2CCNCC2)cc1. The van der Waals surface area contributed by atoms with Gasteiger partial charge in [-0.3, -0.25) is 0 Å². The predicted molar refractivity (Wildman–Crippen MR) is 76.2 cm³/mol. The average Bonchev–Trinajstić information content (AvgIpc) is 3.25. The number of hydrogen-bond donors (Lipinski definition) is 2. The zero-order valence-electron chi connectivity index (χ0n) is 11.9. The smallest absolute Gasteiger partial charge is 0.317 e. The summed E-state index contributed by atoms with van der Waals surface area (Å²) in [6.07, 6.45) is -0.777. The molecule has 2 N–H and O–H groups in total. The van der Waals surface area contributed by atoms with Crippen molar-refractivity contribution in [1.29, 1.82) is 0 Å². The van der Waals surface area contributed by atoms with E-state index in [1.54, 1.807) is 12.1 Å². The first-order valence-electron chi connectivity index (χ1n) is 7.65. The summed E-state index contributed by atoms with van der Waals surface area (Å²) in [5.74, 6) is 1.12. The Labute approximate surface area is 123 Å². The highest BCUT2D eigenvalue weighted by Crippen LogP contribution is 2.41. The standard InChI is InChI=1S/C16H21F3N2/c17-16(18,19)13-3-1-12(2-4-13)14-9-15(14)21-10-11-5-7-20-8-6-11/h1-4,11,14-15,20-21H,5-10H2/t14-,15+/m0/s1. The third kappa shape index (κ3) is 3.77. The van der Waals surface area contributed by atoms with Crippen molar-refractivity contribution in [3.8, 4) is 0 Å². The maximum absolute atomic E-state index is 12.5. The fraction of sp³-hybridized carbons (Fsp3) is 0.625. The molecule has 2 atom stereocenters. The van der Waals surface area contributed by atoms with E-state index in [1.807, 2.05) is 0 Å². The Balaban J connectivity index is 1.48. The quantitative estimate of drug-likeness (QED) is 0.892. The van der Waals surface area contributed by atoms with Gasteiger partial charge in [0.25, 0.3) is 0 Å². The molecule has 116 valence electrons. The number of hydrogen-bond acceptors (Lipinski definition) is 2. The summed E-state index contributed by atoms with van der Waals surface area (Å²) in [5, 5.41) is 6.92. The monoisotopic (exact) mass is 298 g/mol. The predicted octanol–water partition coefficient (Wildman–Crippen LogP) is 3.15. The van der Waals surface area contributed by atoms with Crippen molar-refractivity contribution < 1.29 is 13.2 Å². The van der Waals surface area contributed by atoms with Crippen LogP contribution in [0.15, 0.2) is 24.3 Å². The van der Waals surface area contributed by atoms with E-state index in [2.05, 4.69) is 10.6 Å². The third-order valence-corrected chi connectivity index (χ3v) is 4.58. The second-order valence-corrected chi connectivity index (χ2v) is 6.17. The van der Waals surface area contributed by atoms with Gasteiger partial charge >= 0.3 is 6.18 Å². The van der Waals surface area contributed by atoms with Gasteiger partial charge in [-0.25, -0.2) is 0 Å². The molecule has 1 aromatic rings. The molecule has 5 heteroatoms. The summed E-state index contributed by atoms with van der Waals surface area (Å²) in [5.41, 5.74) is 0.455. The number of benzene rings is 1. The van der Waals surface area contributed by atoms with E-state index < -0.39 is 11.7 Å². The van der Waals surface area contributed by atoms with Gasteiger partial charge in [0.05, 0.1) is 5.56 Å². The van der Waals surface area contributed by atoms with Crippen molar-refractivity contribution in [2.24, 2.45) is 5.92 Å². The highest BCUT2D eigenvalue weighted by Gasteiger charge is 2.39. The zero-order valence-corrected chi connectivity index (χ0v) is 11.9. The first-order chi connectivity index (χ1) is 10.0.